The first-order chi connectivity index (χ1) is 13.1. The number of carbonyl (C=O) groups is 2. The third kappa shape index (κ3) is 3.45. The minimum atomic E-state index is -0.847. The van der Waals surface area contributed by atoms with Gasteiger partial charge in [0.25, 0.3) is 0 Å². The number of benzene rings is 2. The highest BCUT2D eigenvalue weighted by Gasteiger charge is 2.26. The van der Waals surface area contributed by atoms with E-state index in [1.807, 2.05) is 64.1 Å². The second-order valence-corrected chi connectivity index (χ2v) is 6.97. The van der Waals surface area contributed by atoms with E-state index >= 15 is 0 Å². The molecule has 0 fully saturated rings. The number of aryl methyl sites for hydroxylation is 1. The highest BCUT2D eigenvalue weighted by Crippen LogP contribution is 2.31. The number of nitrogens with zero attached hydrogens (tertiary/aromatic N) is 2. The molecule has 0 spiro atoms. The molecule has 5 heteroatoms. The maximum absolute atomic E-state index is 12.7. The van der Waals surface area contributed by atoms with Crippen LogP contribution < -0.4 is 0 Å². The van der Waals surface area contributed by atoms with Gasteiger partial charge in [0.05, 0.1) is 0 Å². The zero-order valence-corrected chi connectivity index (χ0v) is 15.1. The molecule has 1 aliphatic rings. The fourth-order valence-electron chi connectivity index (χ4n) is 3.98. The Morgan fingerprint density at radius 2 is 1.74 bits per heavy atom. The quantitative estimate of drug-likeness (QED) is 0.758. The van der Waals surface area contributed by atoms with Crippen LogP contribution >= 0.6 is 0 Å². The molecule has 0 saturated heterocycles. The lowest BCUT2D eigenvalue weighted by atomic mass is 10.0. The number of carboxylic acids is 1. The van der Waals surface area contributed by atoms with Gasteiger partial charge in [0.2, 0.25) is 5.91 Å². The van der Waals surface area contributed by atoms with E-state index in [1.165, 1.54) is 5.56 Å². The summed E-state index contributed by atoms with van der Waals surface area (Å²) in [6, 6.07) is 17.9. The molecule has 1 aliphatic heterocycles. The summed E-state index contributed by atoms with van der Waals surface area (Å²) in [7, 11) is 0. The molecule has 1 aromatic heterocycles. The Balaban J connectivity index is 1.56. The van der Waals surface area contributed by atoms with Crippen molar-refractivity contribution in [3.05, 3.63) is 71.4 Å². The van der Waals surface area contributed by atoms with Gasteiger partial charge in [-0.3, -0.25) is 9.59 Å². The predicted octanol–water partition coefficient (Wildman–Crippen LogP) is 3.24. The molecule has 3 aromatic rings. The maximum Gasteiger partial charge on any atom is 0.323 e. The number of hydrogen-bond acceptors (Lipinski definition) is 2. The molecule has 1 amide bonds. The third-order valence-corrected chi connectivity index (χ3v) is 5.28. The number of para-hydroxylation sites is 1. The monoisotopic (exact) mass is 362 g/mol. The van der Waals surface area contributed by atoms with E-state index < -0.39 is 5.97 Å². The van der Waals surface area contributed by atoms with Gasteiger partial charge in [-0.05, 0) is 18.1 Å². The molecule has 138 valence electrons. The lowest BCUT2D eigenvalue weighted by molar-refractivity contribution is -0.137. The summed E-state index contributed by atoms with van der Waals surface area (Å²) < 4.78 is 1.89. The molecule has 0 radical (unpaired) electrons. The fraction of sp³-hybridized carbons (Fsp3) is 0.273. The summed E-state index contributed by atoms with van der Waals surface area (Å²) in [5.41, 5.74) is 4.24. The number of hydrogen-bond donors (Lipinski definition) is 1. The van der Waals surface area contributed by atoms with Crippen molar-refractivity contribution in [1.29, 1.82) is 0 Å². The molecule has 0 atom stereocenters. The van der Waals surface area contributed by atoms with Crippen LogP contribution in [0.25, 0.3) is 10.9 Å². The third-order valence-electron chi connectivity index (χ3n) is 5.28. The van der Waals surface area contributed by atoms with Crippen LogP contribution in [0.15, 0.2) is 54.6 Å². The molecule has 2 heterocycles. The Morgan fingerprint density at radius 3 is 2.52 bits per heavy atom. The van der Waals surface area contributed by atoms with Crippen LogP contribution in [-0.2, 0) is 35.5 Å². The summed E-state index contributed by atoms with van der Waals surface area (Å²) in [6.07, 6.45) is 1.92. The number of rotatable bonds is 5. The Kier molecular flexibility index (Phi) is 4.67. The zero-order valence-electron chi connectivity index (χ0n) is 15.1. The van der Waals surface area contributed by atoms with Gasteiger partial charge in [-0.25, -0.2) is 0 Å². The van der Waals surface area contributed by atoms with Crippen LogP contribution in [0.1, 0.15) is 23.2 Å². The number of carboxylic acid groups (broad SMARTS) is 1. The Bertz CT molecular complexity index is 991. The summed E-state index contributed by atoms with van der Waals surface area (Å²) in [5.74, 6) is -0.695. The molecule has 4 rings (SSSR count). The van der Waals surface area contributed by atoms with Gasteiger partial charge in [0.15, 0.2) is 0 Å². The van der Waals surface area contributed by atoms with Gasteiger partial charge in [-0.15, -0.1) is 0 Å². The van der Waals surface area contributed by atoms with Crippen LogP contribution in [0.4, 0.5) is 0 Å². The number of fused-ring (bicyclic) bond motifs is 3. The average Bonchev–Trinajstić information content (AvgIpc) is 3.00. The van der Waals surface area contributed by atoms with Gasteiger partial charge < -0.3 is 14.6 Å². The first kappa shape index (κ1) is 17.3. The van der Waals surface area contributed by atoms with E-state index in [4.69, 9.17) is 0 Å². The minimum Gasteiger partial charge on any atom is -0.480 e. The van der Waals surface area contributed by atoms with Gasteiger partial charge in [-0.2, -0.15) is 0 Å². The van der Waals surface area contributed by atoms with Crippen molar-refractivity contribution >= 4 is 22.8 Å². The number of amides is 1. The Morgan fingerprint density at radius 1 is 1.00 bits per heavy atom. The number of aromatic nitrogens is 1. The molecule has 2 aromatic carbocycles. The molecule has 0 unspecified atom stereocenters. The molecule has 0 saturated carbocycles. The van der Waals surface area contributed by atoms with Crippen LogP contribution in [0.2, 0.25) is 0 Å². The molecule has 27 heavy (non-hydrogen) atoms. The van der Waals surface area contributed by atoms with Crippen LogP contribution in [0.3, 0.4) is 0 Å². The second kappa shape index (κ2) is 7.27. The van der Waals surface area contributed by atoms with Gasteiger partial charge in [0.1, 0.15) is 6.54 Å². The SMILES string of the molecule is O=C(O)Cn1c2c(c3ccccc31)CN(C(=O)CCc1ccccc1)CC2. The topological polar surface area (TPSA) is 62.5 Å². The zero-order chi connectivity index (χ0) is 18.8. The summed E-state index contributed by atoms with van der Waals surface area (Å²) >= 11 is 0. The predicted molar refractivity (Wildman–Crippen MR) is 103 cm³/mol. The normalized spacial score (nSPS) is 13.6. The Labute approximate surface area is 157 Å². The molecule has 0 bridgehead atoms. The summed E-state index contributed by atoms with van der Waals surface area (Å²) in [4.78, 5) is 25.9. The summed E-state index contributed by atoms with van der Waals surface area (Å²) in [6.45, 7) is 1.14. The van der Waals surface area contributed by atoms with Crippen molar-refractivity contribution in [2.24, 2.45) is 0 Å². The van der Waals surface area contributed by atoms with E-state index in [1.54, 1.807) is 0 Å². The van der Waals surface area contributed by atoms with Crippen molar-refractivity contribution in [2.45, 2.75) is 32.4 Å². The van der Waals surface area contributed by atoms with Crippen LogP contribution in [-0.4, -0.2) is 33.0 Å². The van der Waals surface area contributed by atoms with E-state index in [2.05, 4.69) is 0 Å². The molecular formula is C22H22N2O3. The van der Waals surface area contributed by atoms with E-state index in [9.17, 15) is 14.7 Å². The molecule has 0 aliphatic carbocycles. The van der Waals surface area contributed by atoms with Crippen LogP contribution in [0.5, 0.6) is 0 Å². The van der Waals surface area contributed by atoms with Crippen LogP contribution in [0, 0.1) is 0 Å². The smallest absolute Gasteiger partial charge is 0.323 e. The number of carbonyl (C=O) groups excluding carboxylic acids is 1. The Hall–Kier alpha value is -3.08. The van der Waals surface area contributed by atoms with Crippen molar-refractivity contribution in [1.82, 2.24) is 9.47 Å². The highest BCUT2D eigenvalue weighted by atomic mass is 16.4. The minimum absolute atomic E-state index is 0.0438. The second-order valence-electron chi connectivity index (χ2n) is 6.97. The first-order valence-electron chi connectivity index (χ1n) is 9.26. The first-order valence-corrected chi connectivity index (χ1v) is 9.26. The van der Waals surface area contributed by atoms with Crippen molar-refractivity contribution in [3.8, 4) is 0 Å². The van der Waals surface area contributed by atoms with E-state index in [0.29, 0.717) is 25.9 Å². The van der Waals surface area contributed by atoms with Crippen molar-refractivity contribution < 1.29 is 14.7 Å². The summed E-state index contributed by atoms with van der Waals surface area (Å²) in [5, 5.41) is 10.3. The van der Waals surface area contributed by atoms with Gasteiger partial charge >= 0.3 is 5.97 Å². The average molecular weight is 362 g/mol. The molecule has 5 nitrogen and oxygen atoms in total. The van der Waals surface area contributed by atoms with Crippen molar-refractivity contribution in [2.75, 3.05) is 6.54 Å². The van der Waals surface area contributed by atoms with E-state index in [0.717, 1.165) is 28.6 Å². The van der Waals surface area contributed by atoms with Crippen molar-refractivity contribution in [3.63, 3.8) is 0 Å². The molecular weight excluding hydrogens is 340 g/mol. The van der Waals surface area contributed by atoms with Gasteiger partial charge in [0, 0.05) is 48.1 Å². The number of aliphatic carboxylic acids is 1. The largest absolute Gasteiger partial charge is 0.480 e. The lowest BCUT2D eigenvalue weighted by Crippen LogP contribution is -2.36. The lowest BCUT2D eigenvalue weighted by Gasteiger charge is -2.28. The molecule has 1 N–H and O–H groups in total. The maximum atomic E-state index is 12.7. The highest BCUT2D eigenvalue weighted by molar-refractivity contribution is 5.88. The standard InChI is InChI=1S/C22H22N2O3/c25-21(11-10-16-6-2-1-3-7-16)23-13-12-20-18(14-23)17-8-4-5-9-19(17)24(20)15-22(26)27/h1-9H,10-15H2,(H,26,27). The van der Waals surface area contributed by atoms with Gasteiger partial charge in [-0.1, -0.05) is 48.5 Å². The fourth-order valence-corrected chi connectivity index (χ4v) is 3.98. The van der Waals surface area contributed by atoms with E-state index in [-0.39, 0.29) is 12.5 Å².